The molecule has 3 heterocycles. The molecule has 4 rings (SSSR count). The van der Waals surface area contributed by atoms with Crippen LogP contribution in [0.2, 0.25) is 0 Å². The van der Waals surface area contributed by atoms with Crippen molar-refractivity contribution < 1.29 is 27.4 Å². The van der Waals surface area contributed by atoms with Gasteiger partial charge in [-0.2, -0.15) is 4.31 Å². The van der Waals surface area contributed by atoms with Crippen molar-refractivity contribution in [1.29, 1.82) is 0 Å². The average molecular weight is 412 g/mol. The van der Waals surface area contributed by atoms with Crippen LogP contribution in [0.4, 0.5) is 0 Å². The van der Waals surface area contributed by atoms with E-state index in [4.69, 9.17) is 18.9 Å². The summed E-state index contributed by atoms with van der Waals surface area (Å²) >= 11 is 0. The lowest BCUT2D eigenvalue weighted by Crippen LogP contribution is -2.42. The van der Waals surface area contributed by atoms with Gasteiger partial charge in [0, 0.05) is 6.54 Å². The molecule has 3 aliphatic heterocycles. The number of fused-ring (bicyclic) bond motifs is 1. The molecule has 1 aromatic carbocycles. The van der Waals surface area contributed by atoms with E-state index < -0.39 is 39.1 Å². The van der Waals surface area contributed by atoms with Crippen molar-refractivity contribution in [3.63, 3.8) is 0 Å². The molecule has 0 N–H and O–H groups in total. The Kier molecular flexibility index (Phi) is 4.88. The summed E-state index contributed by atoms with van der Waals surface area (Å²) in [7, 11) is -3.41. The molecule has 0 bridgehead atoms. The maximum Gasteiger partial charge on any atom is 0.219 e. The number of benzene rings is 1. The number of ether oxygens (including phenoxy) is 4. The molecule has 3 aliphatic rings. The molecular formula is C20H29NO6S. The first-order valence-corrected chi connectivity index (χ1v) is 11.1. The molecule has 3 saturated heterocycles. The van der Waals surface area contributed by atoms with Gasteiger partial charge in [-0.25, -0.2) is 8.42 Å². The van der Waals surface area contributed by atoms with E-state index in [2.05, 4.69) is 0 Å². The van der Waals surface area contributed by atoms with E-state index in [-0.39, 0.29) is 12.1 Å². The Hall–Kier alpha value is -1.03. The lowest BCUT2D eigenvalue weighted by atomic mass is 10.1. The fourth-order valence-corrected chi connectivity index (χ4v) is 5.33. The molecule has 0 aliphatic carbocycles. The largest absolute Gasteiger partial charge is 0.368 e. The predicted molar refractivity (Wildman–Crippen MR) is 103 cm³/mol. The van der Waals surface area contributed by atoms with Crippen LogP contribution in [0.25, 0.3) is 0 Å². The lowest BCUT2D eigenvalue weighted by Gasteiger charge is -2.27. The smallest absolute Gasteiger partial charge is 0.219 e. The molecule has 28 heavy (non-hydrogen) atoms. The number of rotatable bonds is 5. The van der Waals surface area contributed by atoms with Crippen LogP contribution in [-0.2, 0) is 35.6 Å². The minimum absolute atomic E-state index is 0.258. The van der Waals surface area contributed by atoms with Crippen LogP contribution in [0.1, 0.15) is 40.2 Å². The molecule has 6 atom stereocenters. The SMILES string of the molecule is CC1(C)OC2OC(C3CN3S(=O)(=O)C(C)(C)C)C(OCc3ccccc3)C2O1. The van der Waals surface area contributed by atoms with Gasteiger partial charge >= 0.3 is 0 Å². The highest BCUT2D eigenvalue weighted by Crippen LogP contribution is 2.44. The Bertz CT molecular complexity index is 819. The number of sulfonamides is 1. The normalized spacial score (nSPS) is 37.0. The zero-order valence-electron chi connectivity index (χ0n) is 17.0. The maximum atomic E-state index is 12.8. The van der Waals surface area contributed by atoms with E-state index in [9.17, 15) is 8.42 Å². The third-order valence-electron chi connectivity index (χ3n) is 5.38. The Labute approximate surface area is 166 Å². The Morgan fingerprint density at radius 3 is 2.46 bits per heavy atom. The molecule has 8 heteroatoms. The molecule has 0 spiro atoms. The zero-order chi connectivity index (χ0) is 20.3. The Morgan fingerprint density at radius 2 is 1.82 bits per heavy atom. The Balaban J connectivity index is 1.52. The summed E-state index contributed by atoms with van der Waals surface area (Å²) in [5, 5.41) is 0. The van der Waals surface area contributed by atoms with Gasteiger partial charge in [-0.3, -0.25) is 0 Å². The molecule has 0 saturated carbocycles. The van der Waals surface area contributed by atoms with Gasteiger partial charge < -0.3 is 18.9 Å². The number of hydrogen-bond donors (Lipinski definition) is 0. The minimum Gasteiger partial charge on any atom is -0.368 e. The molecule has 0 aromatic heterocycles. The molecule has 0 radical (unpaired) electrons. The second-order valence-corrected chi connectivity index (χ2v) is 11.7. The summed E-state index contributed by atoms with van der Waals surface area (Å²) in [5.74, 6) is -0.755. The quantitative estimate of drug-likeness (QED) is 0.692. The van der Waals surface area contributed by atoms with Crippen LogP contribution in [-0.4, -0.2) is 60.4 Å². The fraction of sp³-hybridized carbons (Fsp3) is 0.700. The maximum absolute atomic E-state index is 12.8. The van der Waals surface area contributed by atoms with Crippen LogP contribution in [0.3, 0.4) is 0 Å². The molecule has 6 unspecified atom stereocenters. The molecular weight excluding hydrogens is 382 g/mol. The van der Waals surface area contributed by atoms with Gasteiger partial charge in [0.1, 0.15) is 18.3 Å². The second kappa shape index (κ2) is 6.75. The summed E-state index contributed by atoms with van der Waals surface area (Å²) in [4.78, 5) is 0. The number of hydrogen-bond acceptors (Lipinski definition) is 6. The topological polar surface area (TPSA) is 74.1 Å². The van der Waals surface area contributed by atoms with E-state index in [0.717, 1.165) is 5.56 Å². The van der Waals surface area contributed by atoms with Crippen molar-refractivity contribution in [2.45, 2.75) is 82.4 Å². The first kappa shape index (κ1) is 20.3. The standard InChI is InChI=1S/C20H29NO6S/c1-19(2,3)28(22,23)21-11-14(21)15-16(24-12-13-9-7-6-8-10-13)17-18(25-15)27-20(4,5)26-17/h6-10,14-18H,11-12H2,1-5H3. The van der Waals surface area contributed by atoms with Gasteiger partial charge in [0.25, 0.3) is 0 Å². The van der Waals surface area contributed by atoms with Crippen molar-refractivity contribution >= 4 is 10.0 Å². The van der Waals surface area contributed by atoms with Gasteiger partial charge in [0.15, 0.2) is 12.1 Å². The predicted octanol–water partition coefficient (Wildman–Crippen LogP) is 2.26. The van der Waals surface area contributed by atoms with Gasteiger partial charge in [0.2, 0.25) is 10.0 Å². The van der Waals surface area contributed by atoms with Crippen molar-refractivity contribution in [3.8, 4) is 0 Å². The highest BCUT2D eigenvalue weighted by Gasteiger charge is 2.63. The summed E-state index contributed by atoms with van der Waals surface area (Å²) in [5.41, 5.74) is 1.04. The van der Waals surface area contributed by atoms with Crippen LogP contribution in [0.5, 0.6) is 0 Å². The van der Waals surface area contributed by atoms with Crippen molar-refractivity contribution in [3.05, 3.63) is 35.9 Å². The minimum atomic E-state index is -3.41. The van der Waals surface area contributed by atoms with Gasteiger partial charge in [-0.15, -0.1) is 0 Å². The third kappa shape index (κ3) is 3.62. The number of nitrogens with zero attached hydrogens (tertiary/aromatic N) is 1. The highest BCUT2D eigenvalue weighted by molar-refractivity contribution is 7.90. The van der Waals surface area contributed by atoms with E-state index >= 15 is 0 Å². The van der Waals surface area contributed by atoms with E-state index in [1.807, 2.05) is 44.2 Å². The fourth-order valence-electron chi connectivity index (χ4n) is 3.80. The van der Waals surface area contributed by atoms with E-state index in [0.29, 0.717) is 13.2 Å². The van der Waals surface area contributed by atoms with E-state index in [1.54, 1.807) is 20.8 Å². The van der Waals surface area contributed by atoms with Crippen molar-refractivity contribution in [1.82, 2.24) is 4.31 Å². The molecule has 0 amide bonds. The zero-order valence-corrected chi connectivity index (χ0v) is 17.8. The average Bonchev–Trinajstić information content (AvgIpc) is 3.26. The van der Waals surface area contributed by atoms with Crippen molar-refractivity contribution in [2.24, 2.45) is 0 Å². The highest BCUT2D eigenvalue weighted by atomic mass is 32.2. The summed E-state index contributed by atoms with van der Waals surface area (Å²) in [6, 6.07) is 9.60. The van der Waals surface area contributed by atoms with E-state index in [1.165, 1.54) is 4.31 Å². The first-order chi connectivity index (χ1) is 13.0. The van der Waals surface area contributed by atoms with Crippen molar-refractivity contribution in [2.75, 3.05) is 6.54 Å². The molecule has 1 aromatic rings. The van der Waals surface area contributed by atoms with Crippen LogP contribution in [0.15, 0.2) is 30.3 Å². The second-order valence-electron chi connectivity index (χ2n) is 9.08. The van der Waals surface area contributed by atoms with Crippen LogP contribution >= 0.6 is 0 Å². The summed E-state index contributed by atoms with van der Waals surface area (Å²) < 4.78 is 50.4. The van der Waals surface area contributed by atoms with Gasteiger partial charge in [-0.05, 0) is 40.2 Å². The third-order valence-corrected chi connectivity index (χ3v) is 7.96. The summed E-state index contributed by atoms with van der Waals surface area (Å²) in [6.45, 7) is 9.63. The van der Waals surface area contributed by atoms with Crippen LogP contribution in [0, 0.1) is 0 Å². The Morgan fingerprint density at radius 1 is 1.14 bits per heavy atom. The van der Waals surface area contributed by atoms with Crippen LogP contribution < -0.4 is 0 Å². The lowest BCUT2D eigenvalue weighted by molar-refractivity contribution is -0.219. The molecule has 156 valence electrons. The monoisotopic (exact) mass is 411 g/mol. The first-order valence-electron chi connectivity index (χ1n) is 9.68. The van der Waals surface area contributed by atoms with Gasteiger partial charge in [0.05, 0.1) is 17.4 Å². The molecule has 7 nitrogen and oxygen atoms in total. The van der Waals surface area contributed by atoms with Gasteiger partial charge in [-0.1, -0.05) is 30.3 Å². The summed E-state index contributed by atoms with van der Waals surface area (Å²) in [6.07, 6.45) is -1.77. The molecule has 3 fully saturated rings.